The molecule has 2 aliphatic rings. The highest BCUT2D eigenvalue weighted by atomic mass is 16.5. The third-order valence-electron chi connectivity index (χ3n) is 11.2. The quantitative estimate of drug-likeness (QED) is 0.0501. The van der Waals surface area contributed by atoms with Gasteiger partial charge in [0.2, 0.25) is 0 Å². The predicted molar refractivity (Wildman–Crippen MR) is 235 cm³/mol. The number of carbonyl (C=O) groups excluding carboxylic acids is 2. The van der Waals surface area contributed by atoms with Crippen LogP contribution in [-0.2, 0) is 16.8 Å². The number of benzene rings is 6. The normalized spacial score (nSPS) is 16.1. The summed E-state index contributed by atoms with van der Waals surface area (Å²) in [5, 5.41) is 10.6. The molecule has 8 nitrogen and oxygen atoms in total. The molecule has 0 radical (unpaired) electrons. The molecule has 6 aromatic rings. The van der Waals surface area contributed by atoms with Gasteiger partial charge in [0.05, 0.1) is 29.1 Å². The Labute approximate surface area is 346 Å². The number of ether oxygens (including phenoxy) is 3. The van der Waals surface area contributed by atoms with E-state index in [0.717, 1.165) is 47.8 Å². The minimum Gasteiger partial charge on any atom is -0.472 e. The maximum atomic E-state index is 13.5. The maximum absolute atomic E-state index is 13.5. The first-order chi connectivity index (χ1) is 28.9. The fourth-order valence-corrected chi connectivity index (χ4v) is 7.97. The first-order valence-electron chi connectivity index (χ1n) is 20.8. The van der Waals surface area contributed by atoms with Crippen molar-refractivity contribution in [3.63, 3.8) is 0 Å². The van der Waals surface area contributed by atoms with Crippen LogP contribution in [0, 0.1) is 0 Å². The van der Waals surface area contributed by atoms with Crippen LogP contribution >= 0.6 is 0 Å². The molecule has 2 aliphatic heterocycles. The van der Waals surface area contributed by atoms with Crippen molar-refractivity contribution in [1.29, 1.82) is 0 Å². The third-order valence-corrected chi connectivity index (χ3v) is 11.2. The average molecular weight is 784 g/mol. The molecule has 1 saturated heterocycles. The van der Waals surface area contributed by atoms with Crippen molar-refractivity contribution < 1.29 is 23.8 Å². The maximum Gasteiger partial charge on any atom is 0.343 e. The van der Waals surface area contributed by atoms with Gasteiger partial charge in [0.15, 0.2) is 5.60 Å². The van der Waals surface area contributed by atoms with Crippen LogP contribution in [-0.4, -0.2) is 31.6 Å². The molecule has 0 N–H and O–H groups in total. The molecule has 1 atom stereocenters. The number of nitrogens with zero attached hydrogens (tertiary/aromatic N) is 3. The number of hydrogen-bond acceptors (Lipinski definition) is 8. The summed E-state index contributed by atoms with van der Waals surface area (Å²) in [7, 11) is 0. The van der Waals surface area contributed by atoms with Gasteiger partial charge < -0.3 is 19.1 Å². The molecular weight excluding hydrogens is 735 g/mol. The molecular formula is C51H49N3O5. The summed E-state index contributed by atoms with van der Waals surface area (Å²) in [6, 6.07) is 41.0. The molecule has 1 fully saturated rings. The first kappa shape index (κ1) is 39.3. The molecule has 0 aliphatic carbocycles. The van der Waals surface area contributed by atoms with E-state index in [1.54, 1.807) is 31.2 Å². The summed E-state index contributed by atoms with van der Waals surface area (Å²) < 4.78 is 18.4. The molecule has 8 heteroatoms. The van der Waals surface area contributed by atoms with Gasteiger partial charge in [-0.15, -0.1) is 0 Å². The van der Waals surface area contributed by atoms with Crippen LogP contribution in [0.3, 0.4) is 0 Å². The second-order valence-electron chi connectivity index (χ2n) is 15.2. The highest BCUT2D eigenvalue weighted by molar-refractivity contribution is 6.04. The largest absolute Gasteiger partial charge is 0.472 e. The molecule has 0 amide bonds. The van der Waals surface area contributed by atoms with E-state index < -0.39 is 17.5 Å². The van der Waals surface area contributed by atoms with E-state index in [1.165, 1.54) is 43.4 Å². The van der Waals surface area contributed by atoms with Crippen LogP contribution in [0.1, 0.15) is 95.3 Å². The Bertz CT molecular complexity index is 2470. The summed E-state index contributed by atoms with van der Waals surface area (Å²) in [5.41, 5.74) is 6.20. The average Bonchev–Trinajstić information content (AvgIpc) is 3.29. The summed E-state index contributed by atoms with van der Waals surface area (Å²) in [5.74, 6) is 0.172. The highest BCUT2D eigenvalue weighted by Gasteiger charge is 2.39. The van der Waals surface area contributed by atoms with Crippen LogP contribution in [0.25, 0.3) is 16.8 Å². The number of aryl methyl sites for hydroxylation is 1. The van der Waals surface area contributed by atoms with Gasteiger partial charge in [0.25, 0.3) is 0 Å². The number of unbranched alkanes of at least 4 members (excludes halogenated alkanes) is 2. The number of rotatable bonds is 13. The zero-order valence-electron chi connectivity index (χ0n) is 33.7. The van der Waals surface area contributed by atoms with Gasteiger partial charge in [0, 0.05) is 40.9 Å². The van der Waals surface area contributed by atoms with Crippen molar-refractivity contribution in [3.05, 3.63) is 167 Å². The molecule has 2 heterocycles. The predicted octanol–water partition coefficient (Wildman–Crippen LogP) is 12.7. The Morgan fingerprint density at radius 3 is 2.17 bits per heavy atom. The second kappa shape index (κ2) is 17.9. The molecule has 298 valence electrons. The van der Waals surface area contributed by atoms with E-state index in [-0.39, 0.29) is 6.61 Å². The topological polar surface area (TPSA) is 89.8 Å². The summed E-state index contributed by atoms with van der Waals surface area (Å²) in [6.07, 6.45) is 12.3. The number of hydrogen-bond donors (Lipinski definition) is 0. The Morgan fingerprint density at radius 1 is 0.729 bits per heavy atom. The Hall–Kier alpha value is -6.54. The van der Waals surface area contributed by atoms with Gasteiger partial charge in [-0.25, -0.2) is 9.59 Å². The smallest absolute Gasteiger partial charge is 0.343 e. The van der Waals surface area contributed by atoms with Crippen LogP contribution in [0.2, 0.25) is 0 Å². The van der Waals surface area contributed by atoms with Crippen LogP contribution in [0.4, 0.5) is 17.1 Å². The van der Waals surface area contributed by atoms with Gasteiger partial charge in [-0.2, -0.15) is 10.2 Å². The lowest BCUT2D eigenvalue weighted by Gasteiger charge is -2.37. The van der Waals surface area contributed by atoms with Gasteiger partial charge >= 0.3 is 11.9 Å². The number of fused-ring (bicyclic) bond motifs is 3. The molecule has 1 unspecified atom stereocenters. The molecule has 8 rings (SSSR count). The van der Waals surface area contributed by atoms with Crippen molar-refractivity contribution in [2.75, 3.05) is 24.6 Å². The van der Waals surface area contributed by atoms with Crippen LogP contribution in [0.15, 0.2) is 144 Å². The first-order valence-corrected chi connectivity index (χ1v) is 20.8. The van der Waals surface area contributed by atoms with Gasteiger partial charge in [-0.1, -0.05) is 74.4 Å². The molecule has 0 spiro atoms. The standard InChI is InChI=1S/C51H49N3O5/c1-3-5-8-13-36-16-18-37(19-17-36)49(55)58-44-27-22-41(23-28-44)52-53-42-24-29-45-38(34-42)35-47(50(56)57-4-2)46-30-31-51(59-48(45)46,39-14-9-6-10-15-39)40-20-25-43(26-21-40)54-32-11-7-12-33-54/h6,9-10,14-31,34-35H,3-5,7-8,11-13,32-33H2,1-2H3/b53-52+. The Balaban J connectivity index is 1.06. The SMILES string of the molecule is CCCCCc1ccc(C(=O)Oc2ccc(/N=N/c3ccc4c5c(c(C(=O)OCC)cc4c3)C=CC(c3ccccc3)(c3ccc(N4CCCCC4)cc3)O5)cc2)cc1. The molecule has 6 aromatic carbocycles. The molecule has 0 bridgehead atoms. The van der Waals surface area contributed by atoms with Gasteiger partial charge in [-0.3, -0.25) is 0 Å². The number of esters is 2. The second-order valence-corrected chi connectivity index (χ2v) is 15.2. The number of anilines is 1. The minimum atomic E-state index is -0.952. The van der Waals surface area contributed by atoms with Crippen molar-refractivity contribution in [2.45, 2.75) is 64.4 Å². The van der Waals surface area contributed by atoms with E-state index in [2.05, 4.69) is 64.5 Å². The fourth-order valence-electron chi connectivity index (χ4n) is 7.97. The highest BCUT2D eigenvalue weighted by Crippen LogP contribution is 2.47. The number of piperidine rings is 1. The Morgan fingerprint density at radius 2 is 1.44 bits per heavy atom. The molecule has 59 heavy (non-hydrogen) atoms. The van der Waals surface area contributed by atoms with E-state index in [1.807, 2.05) is 72.8 Å². The van der Waals surface area contributed by atoms with Gasteiger partial charge in [0.1, 0.15) is 11.5 Å². The van der Waals surface area contributed by atoms with Crippen LogP contribution in [0.5, 0.6) is 11.5 Å². The molecule has 0 aromatic heterocycles. The summed E-state index contributed by atoms with van der Waals surface area (Å²) in [6.45, 7) is 6.36. The number of carbonyl (C=O) groups is 2. The van der Waals surface area contributed by atoms with Crippen molar-refractivity contribution in [1.82, 2.24) is 0 Å². The van der Waals surface area contributed by atoms with E-state index in [9.17, 15) is 9.59 Å². The summed E-state index contributed by atoms with van der Waals surface area (Å²) >= 11 is 0. The van der Waals surface area contributed by atoms with Crippen molar-refractivity contribution >= 4 is 45.8 Å². The van der Waals surface area contributed by atoms with Crippen molar-refractivity contribution in [2.24, 2.45) is 10.2 Å². The van der Waals surface area contributed by atoms with E-state index in [4.69, 9.17) is 14.2 Å². The van der Waals surface area contributed by atoms with Crippen molar-refractivity contribution in [3.8, 4) is 11.5 Å². The lowest BCUT2D eigenvalue weighted by Crippen LogP contribution is -2.35. The number of azo groups is 1. The monoisotopic (exact) mass is 783 g/mol. The minimum absolute atomic E-state index is 0.242. The third kappa shape index (κ3) is 8.68. The zero-order chi connectivity index (χ0) is 40.6. The van der Waals surface area contributed by atoms with Gasteiger partial charge in [-0.05, 0) is 135 Å². The Kier molecular flexibility index (Phi) is 11.9. The molecule has 0 saturated carbocycles. The lowest BCUT2D eigenvalue weighted by atomic mass is 9.82. The lowest BCUT2D eigenvalue weighted by molar-refractivity contribution is 0.0524. The van der Waals surface area contributed by atoms with Crippen LogP contribution < -0.4 is 14.4 Å². The van der Waals surface area contributed by atoms with E-state index in [0.29, 0.717) is 39.6 Å². The summed E-state index contributed by atoms with van der Waals surface area (Å²) in [4.78, 5) is 28.8. The zero-order valence-corrected chi connectivity index (χ0v) is 33.7. The van der Waals surface area contributed by atoms with E-state index >= 15 is 0 Å². The fraction of sp³-hybridized carbons (Fsp3) is 0.255.